The van der Waals surface area contributed by atoms with Crippen molar-refractivity contribution in [2.24, 2.45) is 11.8 Å². The second-order valence-corrected chi connectivity index (χ2v) is 5.69. The van der Waals surface area contributed by atoms with Gasteiger partial charge in [-0.1, -0.05) is 20.8 Å². The Hall–Kier alpha value is -1.26. The largest absolute Gasteiger partial charge is 0.480 e. The molecule has 1 aliphatic carbocycles. The van der Waals surface area contributed by atoms with Crippen LogP contribution in [0.5, 0.6) is 0 Å². The average Bonchev–Trinajstić information content (AvgIpc) is 2.29. The number of carbonyl (C=O) groups excluding carboxylic acids is 1. The third kappa shape index (κ3) is 3.89. The van der Waals surface area contributed by atoms with Gasteiger partial charge in [-0.05, 0) is 37.5 Å². The Morgan fingerprint density at radius 3 is 2.39 bits per heavy atom. The van der Waals surface area contributed by atoms with Gasteiger partial charge in [0.25, 0.3) is 0 Å². The minimum Gasteiger partial charge on any atom is -0.480 e. The van der Waals surface area contributed by atoms with Gasteiger partial charge >= 0.3 is 12.1 Å². The Kier molecular flexibility index (Phi) is 4.99. The van der Waals surface area contributed by atoms with Gasteiger partial charge in [0.05, 0.1) is 6.61 Å². The zero-order chi connectivity index (χ0) is 13.8. The molecule has 0 aromatic carbocycles. The molecule has 0 saturated heterocycles. The molecule has 0 aliphatic heterocycles. The SMILES string of the molecule is CC(C)COC(=O)NC1(C(=O)O)CCC(C)CC1. The van der Waals surface area contributed by atoms with E-state index in [1.54, 1.807) is 0 Å². The van der Waals surface area contributed by atoms with Crippen molar-refractivity contribution in [3.8, 4) is 0 Å². The van der Waals surface area contributed by atoms with Gasteiger partial charge in [0.1, 0.15) is 5.54 Å². The van der Waals surface area contributed by atoms with Gasteiger partial charge in [-0.3, -0.25) is 0 Å². The van der Waals surface area contributed by atoms with E-state index < -0.39 is 17.6 Å². The van der Waals surface area contributed by atoms with Crippen LogP contribution in [0.3, 0.4) is 0 Å². The molecule has 1 aliphatic rings. The summed E-state index contributed by atoms with van der Waals surface area (Å²) in [6, 6.07) is 0. The summed E-state index contributed by atoms with van der Waals surface area (Å²) in [4.78, 5) is 23.0. The molecule has 0 spiro atoms. The van der Waals surface area contributed by atoms with Gasteiger partial charge in [-0.15, -0.1) is 0 Å². The van der Waals surface area contributed by atoms with E-state index in [4.69, 9.17) is 4.74 Å². The number of alkyl carbamates (subject to hydrolysis) is 1. The summed E-state index contributed by atoms with van der Waals surface area (Å²) in [5, 5.41) is 11.9. The lowest BCUT2D eigenvalue weighted by molar-refractivity contribution is -0.146. The van der Waals surface area contributed by atoms with E-state index in [-0.39, 0.29) is 5.92 Å². The van der Waals surface area contributed by atoms with Crippen molar-refractivity contribution in [1.29, 1.82) is 0 Å². The lowest BCUT2D eigenvalue weighted by Gasteiger charge is -2.36. The third-order valence-corrected chi connectivity index (χ3v) is 3.43. The molecule has 0 aromatic heterocycles. The van der Waals surface area contributed by atoms with Gasteiger partial charge < -0.3 is 15.2 Å². The zero-order valence-electron chi connectivity index (χ0n) is 11.4. The Labute approximate surface area is 108 Å². The van der Waals surface area contributed by atoms with Crippen LogP contribution in [0.25, 0.3) is 0 Å². The third-order valence-electron chi connectivity index (χ3n) is 3.43. The van der Waals surface area contributed by atoms with E-state index in [1.165, 1.54) is 0 Å². The van der Waals surface area contributed by atoms with Crippen LogP contribution in [0.4, 0.5) is 4.79 Å². The van der Waals surface area contributed by atoms with Gasteiger partial charge in [0.2, 0.25) is 0 Å². The highest BCUT2D eigenvalue weighted by Gasteiger charge is 2.42. The molecule has 0 heterocycles. The van der Waals surface area contributed by atoms with Gasteiger partial charge in [0, 0.05) is 0 Å². The van der Waals surface area contributed by atoms with Crippen LogP contribution >= 0.6 is 0 Å². The van der Waals surface area contributed by atoms with Crippen LogP contribution in [0.1, 0.15) is 46.5 Å². The average molecular weight is 257 g/mol. The molecule has 1 saturated carbocycles. The molecule has 104 valence electrons. The second-order valence-electron chi connectivity index (χ2n) is 5.69. The van der Waals surface area contributed by atoms with Crippen LogP contribution < -0.4 is 5.32 Å². The van der Waals surface area contributed by atoms with Crippen LogP contribution in [-0.2, 0) is 9.53 Å². The minimum absolute atomic E-state index is 0.239. The first-order chi connectivity index (χ1) is 8.35. The van der Waals surface area contributed by atoms with E-state index >= 15 is 0 Å². The topological polar surface area (TPSA) is 75.6 Å². The Balaban J connectivity index is 2.58. The summed E-state index contributed by atoms with van der Waals surface area (Å²) in [5.74, 6) is -0.204. The number of carbonyl (C=O) groups is 2. The first-order valence-electron chi connectivity index (χ1n) is 6.54. The van der Waals surface area contributed by atoms with Crippen LogP contribution in [0.15, 0.2) is 0 Å². The molecule has 1 rings (SSSR count). The Bertz CT molecular complexity index is 306. The fourth-order valence-corrected chi connectivity index (χ4v) is 2.12. The normalized spacial score (nSPS) is 27.9. The van der Waals surface area contributed by atoms with E-state index in [0.717, 1.165) is 12.8 Å². The first kappa shape index (κ1) is 14.8. The van der Waals surface area contributed by atoms with Crippen molar-refractivity contribution in [2.75, 3.05) is 6.61 Å². The van der Waals surface area contributed by atoms with Gasteiger partial charge in [-0.25, -0.2) is 9.59 Å². The predicted octanol–water partition coefficient (Wildman–Crippen LogP) is 2.40. The monoisotopic (exact) mass is 257 g/mol. The smallest absolute Gasteiger partial charge is 0.408 e. The van der Waals surface area contributed by atoms with Gasteiger partial charge in [-0.2, -0.15) is 0 Å². The van der Waals surface area contributed by atoms with Crippen molar-refractivity contribution < 1.29 is 19.4 Å². The maximum absolute atomic E-state index is 11.6. The fraction of sp³-hybridized carbons (Fsp3) is 0.846. The second kappa shape index (κ2) is 6.07. The summed E-state index contributed by atoms with van der Waals surface area (Å²) in [6.07, 6.45) is 1.95. The van der Waals surface area contributed by atoms with Crippen molar-refractivity contribution in [3.63, 3.8) is 0 Å². The maximum atomic E-state index is 11.6. The standard InChI is InChI=1S/C13H23NO4/c1-9(2)8-18-12(17)14-13(11(15)16)6-4-10(3)5-7-13/h9-10H,4-8H2,1-3H3,(H,14,17)(H,15,16). The summed E-state index contributed by atoms with van der Waals surface area (Å²) in [5.41, 5.74) is -1.14. The number of amides is 1. The molecule has 0 unspecified atom stereocenters. The van der Waals surface area contributed by atoms with Crippen LogP contribution in [0, 0.1) is 11.8 Å². The predicted molar refractivity (Wildman–Crippen MR) is 67.3 cm³/mol. The van der Waals surface area contributed by atoms with E-state index in [0.29, 0.717) is 25.4 Å². The van der Waals surface area contributed by atoms with Crippen LogP contribution in [0.2, 0.25) is 0 Å². The highest BCUT2D eigenvalue weighted by Crippen LogP contribution is 2.32. The number of carboxylic acid groups (broad SMARTS) is 1. The molecule has 0 aromatic rings. The highest BCUT2D eigenvalue weighted by atomic mass is 16.5. The van der Waals surface area contributed by atoms with Crippen molar-refractivity contribution in [1.82, 2.24) is 5.32 Å². The lowest BCUT2D eigenvalue weighted by atomic mass is 9.77. The zero-order valence-corrected chi connectivity index (χ0v) is 11.4. The molecule has 5 nitrogen and oxygen atoms in total. The lowest BCUT2D eigenvalue weighted by Crippen LogP contribution is -2.56. The number of aliphatic carboxylic acids is 1. The van der Waals surface area contributed by atoms with E-state index in [1.807, 2.05) is 13.8 Å². The molecule has 5 heteroatoms. The molecule has 1 fully saturated rings. The van der Waals surface area contributed by atoms with Crippen molar-refractivity contribution in [2.45, 2.75) is 52.0 Å². The number of hydrogen-bond acceptors (Lipinski definition) is 3. The summed E-state index contributed by atoms with van der Waals surface area (Å²) in [6.45, 7) is 6.27. The molecule has 0 atom stereocenters. The summed E-state index contributed by atoms with van der Waals surface area (Å²) in [7, 11) is 0. The highest BCUT2D eigenvalue weighted by molar-refractivity contribution is 5.84. The number of nitrogens with one attached hydrogen (secondary N) is 1. The number of hydrogen-bond donors (Lipinski definition) is 2. The summed E-state index contributed by atoms with van der Waals surface area (Å²) >= 11 is 0. The number of rotatable bonds is 4. The van der Waals surface area contributed by atoms with E-state index in [9.17, 15) is 14.7 Å². The van der Waals surface area contributed by atoms with Crippen molar-refractivity contribution >= 4 is 12.1 Å². The first-order valence-corrected chi connectivity index (χ1v) is 6.54. The molecular formula is C13H23NO4. The summed E-state index contributed by atoms with van der Waals surface area (Å²) < 4.78 is 4.99. The molecular weight excluding hydrogens is 234 g/mol. The Morgan fingerprint density at radius 1 is 1.39 bits per heavy atom. The Morgan fingerprint density at radius 2 is 1.94 bits per heavy atom. The quantitative estimate of drug-likeness (QED) is 0.811. The minimum atomic E-state index is -1.14. The molecule has 0 radical (unpaired) electrons. The molecule has 0 bridgehead atoms. The number of ether oxygens (including phenoxy) is 1. The molecule has 18 heavy (non-hydrogen) atoms. The van der Waals surface area contributed by atoms with Gasteiger partial charge in [0.15, 0.2) is 0 Å². The number of carboxylic acids is 1. The molecule has 2 N–H and O–H groups in total. The maximum Gasteiger partial charge on any atom is 0.408 e. The van der Waals surface area contributed by atoms with E-state index in [2.05, 4.69) is 12.2 Å². The van der Waals surface area contributed by atoms with Crippen molar-refractivity contribution in [3.05, 3.63) is 0 Å². The fourth-order valence-electron chi connectivity index (χ4n) is 2.12. The van der Waals surface area contributed by atoms with Crippen LogP contribution in [-0.4, -0.2) is 29.3 Å². The molecule has 1 amide bonds.